The third kappa shape index (κ3) is 3.09. The second-order valence-electron chi connectivity index (χ2n) is 4.94. The fourth-order valence-electron chi connectivity index (χ4n) is 2.48. The van der Waals surface area contributed by atoms with Crippen molar-refractivity contribution in [1.82, 2.24) is 4.31 Å². The Morgan fingerprint density at radius 2 is 1.91 bits per heavy atom. The number of benzene rings is 1. The first-order valence-electron chi connectivity index (χ1n) is 6.57. The molecule has 1 saturated heterocycles. The lowest BCUT2D eigenvalue weighted by molar-refractivity contribution is 0.184. The highest BCUT2D eigenvalue weighted by Gasteiger charge is 2.40. The van der Waals surface area contributed by atoms with E-state index in [0.717, 1.165) is 4.31 Å². The Kier molecular flexibility index (Phi) is 5.33. The van der Waals surface area contributed by atoms with E-state index >= 15 is 0 Å². The number of halogens is 1. The number of sulfonamides is 1. The highest BCUT2D eigenvalue weighted by atomic mass is 79.9. The minimum atomic E-state index is -3.89. The van der Waals surface area contributed by atoms with Crippen LogP contribution in [0, 0.1) is 0 Å². The topological polar surface area (TPSA) is 96.3 Å². The quantitative estimate of drug-likeness (QED) is 0.756. The van der Waals surface area contributed by atoms with Crippen LogP contribution in [0.25, 0.3) is 0 Å². The maximum Gasteiger partial charge on any atom is 0.244 e. The maximum atomic E-state index is 12.8. The number of rotatable bonds is 5. The van der Waals surface area contributed by atoms with Gasteiger partial charge in [0.05, 0.1) is 33.0 Å². The molecular weight excluding hydrogens is 378 g/mol. The number of aliphatic hydroxyl groups excluding tert-OH is 2. The van der Waals surface area contributed by atoms with Crippen molar-refractivity contribution < 1.29 is 28.1 Å². The van der Waals surface area contributed by atoms with Crippen LogP contribution in [0.3, 0.4) is 0 Å². The number of nitrogens with zero attached hydrogens (tertiary/aromatic N) is 1. The standard InChI is InChI=1S/C13H18BrNO6S/c1-20-11-4-10(14)13(5-12(11)21-2)22(18,19)15-6-9(17)3-8(15)7-16/h4-5,8-9,16-17H,3,6-7H2,1-2H3. The zero-order valence-corrected chi connectivity index (χ0v) is 14.6. The summed E-state index contributed by atoms with van der Waals surface area (Å²) in [4.78, 5) is -0.00213. The highest BCUT2D eigenvalue weighted by molar-refractivity contribution is 9.10. The number of aliphatic hydroxyl groups is 2. The van der Waals surface area contributed by atoms with Crippen LogP contribution in [0.1, 0.15) is 6.42 Å². The summed E-state index contributed by atoms with van der Waals surface area (Å²) in [5.74, 6) is 0.679. The van der Waals surface area contributed by atoms with E-state index in [9.17, 15) is 18.6 Å². The molecular formula is C13H18BrNO6S. The van der Waals surface area contributed by atoms with Crippen LogP contribution in [-0.2, 0) is 10.0 Å². The monoisotopic (exact) mass is 395 g/mol. The van der Waals surface area contributed by atoms with E-state index in [-0.39, 0.29) is 30.2 Å². The minimum Gasteiger partial charge on any atom is -0.493 e. The predicted molar refractivity (Wildman–Crippen MR) is 82.6 cm³/mol. The molecule has 2 unspecified atom stereocenters. The summed E-state index contributed by atoms with van der Waals surface area (Å²) in [5, 5.41) is 19.0. The van der Waals surface area contributed by atoms with Gasteiger partial charge >= 0.3 is 0 Å². The highest BCUT2D eigenvalue weighted by Crippen LogP contribution is 2.38. The van der Waals surface area contributed by atoms with Gasteiger partial charge in [0.2, 0.25) is 10.0 Å². The molecule has 1 aromatic rings. The molecule has 1 aliphatic rings. The Labute approximate surface area is 137 Å². The summed E-state index contributed by atoms with van der Waals surface area (Å²) in [6.45, 7) is -0.393. The van der Waals surface area contributed by atoms with E-state index in [4.69, 9.17) is 9.47 Å². The van der Waals surface area contributed by atoms with Gasteiger partial charge in [-0.2, -0.15) is 4.31 Å². The van der Waals surface area contributed by atoms with Crippen LogP contribution in [0.15, 0.2) is 21.5 Å². The van der Waals surface area contributed by atoms with Crippen molar-refractivity contribution in [2.75, 3.05) is 27.4 Å². The molecule has 22 heavy (non-hydrogen) atoms. The second-order valence-corrected chi connectivity index (χ2v) is 7.65. The molecule has 1 heterocycles. The molecule has 1 fully saturated rings. The van der Waals surface area contributed by atoms with Crippen molar-refractivity contribution in [3.8, 4) is 11.5 Å². The number of ether oxygens (including phenoxy) is 2. The first kappa shape index (κ1) is 17.5. The number of methoxy groups -OCH3 is 2. The van der Waals surface area contributed by atoms with E-state index in [2.05, 4.69) is 15.9 Å². The van der Waals surface area contributed by atoms with Crippen molar-refractivity contribution in [1.29, 1.82) is 0 Å². The van der Waals surface area contributed by atoms with Crippen LogP contribution in [0.4, 0.5) is 0 Å². The Bertz CT molecular complexity index is 650. The van der Waals surface area contributed by atoms with Gasteiger partial charge in [-0.3, -0.25) is 0 Å². The van der Waals surface area contributed by atoms with Gasteiger partial charge in [0.25, 0.3) is 0 Å². The molecule has 0 radical (unpaired) electrons. The maximum absolute atomic E-state index is 12.8. The number of hydrogen-bond donors (Lipinski definition) is 2. The average molecular weight is 396 g/mol. The van der Waals surface area contributed by atoms with E-state index < -0.39 is 22.2 Å². The molecule has 9 heteroatoms. The van der Waals surface area contributed by atoms with Gasteiger partial charge in [0.1, 0.15) is 4.90 Å². The Morgan fingerprint density at radius 3 is 2.45 bits per heavy atom. The van der Waals surface area contributed by atoms with Gasteiger partial charge in [-0.15, -0.1) is 0 Å². The molecule has 7 nitrogen and oxygen atoms in total. The van der Waals surface area contributed by atoms with Gasteiger partial charge in [-0.1, -0.05) is 0 Å². The minimum absolute atomic E-state index is 0.00213. The largest absolute Gasteiger partial charge is 0.493 e. The molecule has 1 aliphatic heterocycles. The van der Waals surface area contributed by atoms with Gasteiger partial charge in [-0.05, 0) is 28.4 Å². The van der Waals surface area contributed by atoms with E-state index in [1.165, 1.54) is 26.4 Å². The molecule has 0 bridgehead atoms. The molecule has 1 aromatic carbocycles. The summed E-state index contributed by atoms with van der Waals surface area (Å²) in [5.41, 5.74) is 0. The third-order valence-electron chi connectivity index (χ3n) is 3.58. The summed E-state index contributed by atoms with van der Waals surface area (Å²) < 4.78 is 37.3. The van der Waals surface area contributed by atoms with Crippen LogP contribution in [0.2, 0.25) is 0 Å². The molecule has 0 saturated carbocycles. The summed E-state index contributed by atoms with van der Waals surface area (Å²) in [6.07, 6.45) is -0.577. The van der Waals surface area contributed by atoms with Gasteiger partial charge < -0.3 is 19.7 Å². The molecule has 0 aliphatic carbocycles. The smallest absolute Gasteiger partial charge is 0.244 e. The molecule has 2 rings (SSSR count). The second kappa shape index (κ2) is 6.71. The van der Waals surface area contributed by atoms with Crippen LogP contribution >= 0.6 is 15.9 Å². The lowest BCUT2D eigenvalue weighted by Gasteiger charge is -2.23. The summed E-state index contributed by atoms with van der Waals surface area (Å²) in [7, 11) is -1.02. The first-order valence-corrected chi connectivity index (χ1v) is 8.80. The number of hydrogen-bond acceptors (Lipinski definition) is 6. The van der Waals surface area contributed by atoms with E-state index in [1.807, 2.05) is 0 Å². The van der Waals surface area contributed by atoms with Crippen molar-refractivity contribution >= 4 is 26.0 Å². The van der Waals surface area contributed by atoms with Crippen molar-refractivity contribution in [3.63, 3.8) is 0 Å². The molecule has 2 N–H and O–H groups in total. The normalized spacial score (nSPS) is 22.8. The summed E-state index contributed by atoms with van der Waals surface area (Å²) in [6, 6.07) is 2.23. The zero-order valence-electron chi connectivity index (χ0n) is 12.2. The molecule has 0 spiro atoms. The van der Waals surface area contributed by atoms with Crippen molar-refractivity contribution in [2.24, 2.45) is 0 Å². The predicted octanol–water partition coefficient (Wildman–Crippen LogP) is 0.583. The van der Waals surface area contributed by atoms with Gasteiger partial charge in [0.15, 0.2) is 11.5 Å². The molecule has 0 aromatic heterocycles. The van der Waals surface area contributed by atoms with E-state index in [0.29, 0.717) is 10.2 Å². The SMILES string of the molecule is COc1cc(Br)c(S(=O)(=O)N2CC(O)CC2CO)cc1OC. The van der Waals surface area contributed by atoms with Crippen LogP contribution in [-0.4, -0.2) is 62.5 Å². The lowest BCUT2D eigenvalue weighted by Crippen LogP contribution is -2.38. The first-order chi connectivity index (χ1) is 10.3. The Morgan fingerprint density at radius 1 is 1.32 bits per heavy atom. The van der Waals surface area contributed by atoms with E-state index in [1.54, 1.807) is 0 Å². The van der Waals surface area contributed by atoms with Crippen LogP contribution in [0.5, 0.6) is 11.5 Å². The van der Waals surface area contributed by atoms with Crippen molar-refractivity contribution in [2.45, 2.75) is 23.5 Å². The lowest BCUT2D eigenvalue weighted by atomic mass is 10.2. The molecule has 0 amide bonds. The Balaban J connectivity index is 2.50. The van der Waals surface area contributed by atoms with Gasteiger partial charge in [0, 0.05) is 17.1 Å². The third-order valence-corrected chi connectivity index (χ3v) is 6.45. The Hall–Kier alpha value is -0.870. The van der Waals surface area contributed by atoms with Gasteiger partial charge in [-0.25, -0.2) is 8.42 Å². The average Bonchev–Trinajstić information content (AvgIpc) is 2.88. The zero-order chi connectivity index (χ0) is 16.5. The fraction of sp³-hybridized carbons (Fsp3) is 0.538. The summed E-state index contributed by atoms with van der Waals surface area (Å²) >= 11 is 3.22. The molecule has 2 atom stereocenters. The molecule has 124 valence electrons. The van der Waals surface area contributed by atoms with Crippen molar-refractivity contribution in [3.05, 3.63) is 16.6 Å². The van der Waals surface area contributed by atoms with Crippen LogP contribution < -0.4 is 9.47 Å². The number of β-amino-alcohol motifs (C(OH)–C–C–N with tert-alkyl or cyclic N) is 1. The fourth-order valence-corrected chi connectivity index (χ4v) is 5.15.